The molecule has 0 bridgehead atoms. The topological polar surface area (TPSA) is 87.3 Å². The lowest BCUT2D eigenvalue weighted by Gasteiger charge is -2.28. The molecule has 0 aliphatic carbocycles. The number of nitrogens with one attached hydrogen (secondary N) is 1. The summed E-state index contributed by atoms with van der Waals surface area (Å²) < 4.78 is 0. The van der Waals surface area contributed by atoms with Gasteiger partial charge in [-0.25, -0.2) is 10.8 Å². The summed E-state index contributed by atoms with van der Waals surface area (Å²) in [6, 6.07) is 7.97. The number of aliphatic hydroxyl groups excluding tert-OH is 1. The van der Waals surface area contributed by atoms with Crippen molar-refractivity contribution in [2.24, 2.45) is 5.84 Å². The van der Waals surface area contributed by atoms with Crippen LogP contribution < -0.4 is 16.2 Å². The highest BCUT2D eigenvalue weighted by Gasteiger charge is 2.16. The zero-order valence-electron chi connectivity index (χ0n) is 11.2. The van der Waals surface area contributed by atoms with E-state index in [0.29, 0.717) is 12.5 Å². The summed E-state index contributed by atoms with van der Waals surface area (Å²) in [5.41, 5.74) is 3.31. The van der Waals surface area contributed by atoms with E-state index in [4.69, 9.17) is 5.84 Å². The molecule has 19 heavy (non-hydrogen) atoms. The Morgan fingerprint density at radius 2 is 2.05 bits per heavy atom. The van der Waals surface area contributed by atoms with Crippen LogP contribution in [0.5, 0.6) is 0 Å². The number of aromatic nitrogens is 2. The molecule has 1 aromatic heterocycles. The molecule has 0 radical (unpaired) electrons. The smallest absolute Gasteiger partial charge is 0.239 e. The van der Waals surface area contributed by atoms with Crippen molar-refractivity contribution in [3.63, 3.8) is 0 Å². The maximum atomic E-state index is 9.22. The molecule has 4 N–H and O–H groups in total. The summed E-state index contributed by atoms with van der Waals surface area (Å²) in [4.78, 5) is 10.8. The molecule has 0 atom stereocenters. The number of anilines is 2. The van der Waals surface area contributed by atoms with Gasteiger partial charge in [0.05, 0.1) is 12.1 Å². The highest BCUT2D eigenvalue weighted by Crippen LogP contribution is 2.26. The molecule has 2 rings (SSSR count). The SMILES string of the molecule is CC(C)N(CCO)c1nc(NN)nc2ccccc12. The van der Waals surface area contributed by atoms with E-state index in [2.05, 4.69) is 29.2 Å². The van der Waals surface area contributed by atoms with Crippen LogP contribution in [-0.4, -0.2) is 34.3 Å². The number of nitrogen functional groups attached to an aromatic ring is 1. The first kappa shape index (κ1) is 13.5. The third-order valence-electron chi connectivity index (χ3n) is 2.95. The fraction of sp³-hybridized carbons (Fsp3) is 0.385. The van der Waals surface area contributed by atoms with Gasteiger partial charge in [0.15, 0.2) is 0 Å². The maximum Gasteiger partial charge on any atom is 0.239 e. The lowest BCUT2D eigenvalue weighted by atomic mass is 10.2. The van der Waals surface area contributed by atoms with E-state index in [1.165, 1.54) is 0 Å². The number of hydrogen-bond donors (Lipinski definition) is 3. The average Bonchev–Trinajstić information content (AvgIpc) is 2.43. The Morgan fingerprint density at radius 1 is 1.32 bits per heavy atom. The predicted molar refractivity (Wildman–Crippen MR) is 76.9 cm³/mol. The van der Waals surface area contributed by atoms with E-state index in [-0.39, 0.29) is 12.6 Å². The Bertz CT molecular complexity index is 558. The van der Waals surface area contributed by atoms with Crippen LogP contribution in [0.4, 0.5) is 11.8 Å². The summed E-state index contributed by atoms with van der Waals surface area (Å²) in [7, 11) is 0. The van der Waals surface area contributed by atoms with E-state index in [1.807, 2.05) is 29.2 Å². The number of nitrogens with zero attached hydrogens (tertiary/aromatic N) is 3. The average molecular weight is 261 g/mol. The Morgan fingerprint density at radius 3 is 2.68 bits per heavy atom. The molecule has 0 aliphatic heterocycles. The first-order valence-electron chi connectivity index (χ1n) is 6.28. The van der Waals surface area contributed by atoms with Gasteiger partial charge in [-0.15, -0.1) is 0 Å². The molecule has 0 saturated carbocycles. The predicted octanol–water partition coefficient (Wildman–Crippen LogP) is 1.12. The molecule has 0 amide bonds. The maximum absolute atomic E-state index is 9.22. The van der Waals surface area contributed by atoms with Crippen LogP contribution in [0.25, 0.3) is 10.9 Å². The van der Waals surface area contributed by atoms with Crippen molar-refractivity contribution in [1.29, 1.82) is 0 Å². The lowest BCUT2D eigenvalue weighted by molar-refractivity contribution is 0.299. The van der Waals surface area contributed by atoms with Crippen LogP contribution >= 0.6 is 0 Å². The van der Waals surface area contributed by atoms with Crippen LogP contribution in [0, 0.1) is 0 Å². The molecule has 0 aliphatic rings. The third-order valence-corrected chi connectivity index (χ3v) is 2.95. The van der Waals surface area contributed by atoms with Gasteiger partial charge in [-0.3, -0.25) is 5.43 Å². The zero-order valence-corrected chi connectivity index (χ0v) is 11.2. The quantitative estimate of drug-likeness (QED) is 0.552. The van der Waals surface area contributed by atoms with Gasteiger partial charge in [0.25, 0.3) is 0 Å². The minimum atomic E-state index is 0.0713. The molecule has 6 nitrogen and oxygen atoms in total. The number of hydrogen-bond acceptors (Lipinski definition) is 6. The molecule has 6 heteroatoms. The fourth-order valence-electron chi connectivity index (χ4n) is 2.06. The third kappa shape index (κ3) is 2.74. The van der Waals surface area contributed by atoms with E-state index < -0.39 is 0 Å². The Labute approximate surface area is 112 Å². The van der Waals surface area contributed by atoms with E-state index in [0.717, 1.165) is 16.7 Å². The number of aliphatic hydroxyl groups is 1. The number of benzene rings is 1. The molecule has 1 heterocycles. The van der Waals surface area contributed by atoms with E-state index in [1.54, 1.807) is 0 Å². The van der Waals surface area contributed by atoms with Crippen molar-refractivity contribution in [3.8, 4) is 0 Å². The van der Waals surface area contributed by atoms with Crippen LogP contribution in [0.3, 0.4) is 0 Å². The van der Waals surface area contributed by atoms with Crippen molar-refractivity contribution < 1.29 is 5.11 Å². The molecule has 0 fully saturated rings. The van der Waals surface area contributed by atoms with Gasteiger partial charge >= 0.3 is 0 Å². The minimum Gasteiger partial charge on any atom is -0.395 e. The summed E-state index contributed by atoms with van der Waals surface area (Å²) in [5, 5.41) is 10.2. The van der Waals surface area contributed by atoms with Gasteiger partial charge in [0.2, 0.25) is 5.95 Å². The monoisotopic (exact) mass is 261 g/mol. The van der Waals surface area contributed by atoms with Gasteiger partial charge < -0.3 is 10.0 Å². The van der Waals surface area contributed by atoms with Crippen molar-refractivity contribution >= 4 is 22.7 Å². The molecule has 0 spiro atoms. The van der Waals surface area contributed by atoms with Crippen molar-refractivity contribution in [2.45, 2.75) is 19.9 Å². The summed E-state index contributed by atoms with van der Waals surface area (Å²) in [6.07, 6.45) is 0. The van der Waals surface area contributed by atoms with E-state index >= 15 is 0 Å². The Balaban J connectivity index is 2.61. The lowest BCUT2D eigenvalue weighted by Crippen LogP contribution is -2.34. The van der Waals surface area contributed by atoms with Gasteiger partial charge in [-0.1, -0.05) is 12.1 Å². The Kier molecular flexibility index (Phi) is 4.13. The number of nitrogens with two attached hydrogens (primary N) is 1. The highest BCUT2D eigenvalue weighted by molar-refractivity contribution is 5.90. The zero-order chi connectivity index (χ0) is 13.8. The first-order chi connectivity index (χ1) is 9.17. The summed E-state index contributed by atoms with van der Waals surface area (Å²) >= 11 is 0. The van der Waals surface area contributed by atoms with Crippen LogP contribution in [0.1, 0.15) is 13.8 Å². The molecular formula is C13H19N5O. The minimum absolute atomic E-state index is 0.0713. The number of para-hydroxylation sites is 1. The Hall–Kier alpha value is -1.92. The second-order valence-corrected chi connectivity index (χ2v) is 4.54. The highest BCUT2D eigenvalue weighted by atomic mass is 16.3. The first-order valence-corrected chi connectivity index (χ1v) is 6.28. The molecule has 102 valence electrons. The van der Waals surface area contributed by atoms with Crippen molar-refractivity contribution in [2.75, 3.05) is 23.5 Å². The molecule has 1 aromatic carbocycles. The normalized spacial score (nSPS) is 11.0. The van der Waals surface area contributed by atoms with Gasteiger partial charge in [-0.2, -0.15) is 4.98 Å². The molecule has 0 saturated heterocycles. The standard InChI is InChI=1S/C13H19N5O/c1-9(2)18(7-8-19)12-10-5-3-4-6-11(10)15-13(16-12)17-14/h3-6,9,19H,7-8,14H2,1-2H3,(H,15,16,17). The fourth-order valence-corrected chi connectivity index (χ4v) is 2.06. The van der Waals surface area contributed by atoms with Gasteiger partial charge in [0.1, 0.15) is 5.82 Å². The summed E-state index contributed by atoms with van der Waals surface area (Å²) in [6.45, 7) is 4.70. The second kappa shape index (κ2) is 5.81. The molecule has 0 unspecified atom stereocenters. The number of rotatable bonds is 5. The van der Waals surface area contributed by atoms with E-state index in [9.17, 15) is 5.11 Å². The van der Waals surface area contributed by atoms with Crippen molar-refractivity contribution in [1.82, 2.24) is 9.97 Å². The van der Waals surface area contributed by atoms with Crippen molar-refractivity contribution in [3.05, 3.63) is 24.3 Å². The van der Waals surface area contributed by atoms with Crippen LogP contribution in [0.2, 0.25) is 0 Å². The second-order valence-electron chi connectivity index (χ2n) is 4.54. The summed E-state index contributed by atoms with van der Waals surface area (Å²) in [5.74, 6) is 6.57. The van der Waals surface area contributed by atoms with Gasteiger partial charge in [-0.05, 0) is 26.0 Å². The molecule has 2 aromatic rings. The van der Waals surface area contributed by atoms with Crippen LogP contribution in [-0.2, 0) is 0 Å². The number of hydrazine groups is 1. The largest absolute Gasteiger partial charge is 0.395 e. The molecular weight excluding hydrogens is 242 g/mol. The van der Waals surface area contributed by atoms with Crippen LogP contribution in [0.15, 0.2) is 24.3 Å². The van der Waals surface area contributed by atoms with Gasteiger partial charge in [0, 0.05) is 18.0 Å². The number of fused-ring (bicyclic) bond motifs is 1.